The van der Waals surface area contributed by atoms with E-state index in [-0.39, 0.29) is 0 Å². The quantitative estimate of drug-likeness (QED) is 0.805. The van der Waals surface area contributed by atoms with Crippen LogP contribution in [0.5, 0.6) is 0 Å². The van der Waals surface area contributed by atoms with Crippen LogP contribution in [0.3, 0.4) is 0 Å². The first-order chi connectivity index (χ1) is 8.46. The lowest BCUT2D eigenvalue weighted by Gasteiger charge is -2.21. The highest BCUT2D eigenvalue weighted by Crippen LogP contribution is 2.29. The summed E-state index contributed by atoms with van der Waals surface area (Å²) >= 11 is 0. The summed E-state index contributed by atoms with van der Waals surface area (Å²) in [4.78, 5) is 0. The Hall–Kier alpha value is -1.03. The van der Waals surface area contributed by atoms with Crippen molar-refractivity contribution in [1.82, 2.24) is 5.32 Å². The zero-order chi connectivity index (χ0) is 13.6. The predicted molar refractivity (Wildman–Crippen MR) is 67.5 cm³/mol. The fourth-order valence-corrected chi connectivity index (χ4v) is 1.89. The average Bonchev–Trinajstić information content (AvgIpc) is 2.33. The van der Waals surface area contributed by atoms with Gasteiger partial charge < -0.3 is 5.32 Å². The first-order valence-electron chi connectivity index (χ1n) is 6.35. The van der Waals surface area contributed by atoms with E-state index in [2.05, 4.69) is 5.32 Å². The summed E-state index contributed by atoms with van der Waals surface area (Å²) in [6, 6.07) is 6.74. The third kappa shape index (κ3) is 5.08. The molecule has 4 heteroatoms. The molecule has 1 nitrogen and oxygen atoms in total. The van der Waals surface area contributed by atoms with Crippen LogP contribution in [0, 0.1) is 0 Å². The van der Waals surface area contributed by atoms with Crippen LogP contribution in [0.4, 0.5) is 13.2 Å². The van der Waals surface area contributed by atoms with Gasteiger partial charge in [-0.2, -0.15) is 13.2 Å². The van der Waals surface area contributed by atoms with Crippen LogP contribution in [0.25, 0.3) is 0 Å². The monoisotopic (exact) mass is 259 g/mol. The number of hydrogen-bond acceptors (Lipinski definition) is 1. The maximum atomic E-state index is 12.6. The Morgan fingerprint density at radius 2 is 1.94 bits per heavy atom. The van der Waals surface area contributed by atoms with E-state index in [1.807, 2.05) is 32.0 Å². The summed E-state index contributed by atoms with van der Waals surface area (Å²) in [5.74, 6) is 0. The van der Waals surface area contributed by atoms with Crippen LogP contribution in [0.2, 0.25) is 0 Å². The first kappa shape index (κ1) is 15.0. The molecule has 0 bridgehead atoms. The van der Waals surface area contributed by atoms with Gasteiger partial charge in [0.25, 0.3) is 0 Å². The molecule has 1 unspecified atom stereocenters. The molecule has 0 fully saturated rings. The standard InChI is InChI=1S/C14H20F3N/c1-3-8-18-13(10-14(15,16)17)12-7-5-6-11(4-2)9-12/h5-7,9,13,18H,3-4,8,10H2,1-2H3. The van der Waals surface area contributed by atoms with Gasteiger partial charge in [-0.3, -0.25) is 0 Å². The van der Waals surface area contributed by atoms with E-state index in [9.17, 15) is 13.2 Å². The Labute approximate surface area is 106 Å². The largest absolute Gasteiger partial charge is 0.390 e. The van der Waals surface area contributed by atoms with Crippen molar-refractivity contribution < 1.29 is 13.2 Å². The molecule has 1 aromatic rings. The van der Waals surface area contributed by atoms with Crippen LogP contribution < -0.4 is 5.32 Å². The Kier molecular flexibility index (Phi) is 5.66. The maximum absolute atomic E-state index is 12.6. The second kappa shape index (κ2) is 6.78. The van der Waals surface area contributed by atoms with Crippen molar-refractivity contribution in [1.29, 1.82) is 0 Å². The Bertz CT molecular complexity index is 360. The molecule has 18 heavy (non-hydrogen) atoms. The highest BCUT2D eigenvalue weighted by Gasteiger charge is 2.32. The van der Waals surface area contributed by atoms with Crippen molar-refractivity contribution in [2.24, 2.45) is 0 Å². The molecule has 0 saturated heterocycles. The van der Waals surface area contributed by atoms with Crippen LogP contribution in [-0.4, -0.2) is 12.7 Å². The zero-order valence-corrected chi connectivity index (χ0v) is 10.8. The lowest BCUT2D eigenvalue weighted by molar-refractivity contribution is -0.140. The molecule has 0 aromatic heterocycles. The third-order valence-electron chi connectivity index (χ3n) is 2.84. The van der Waals surface area contributed by atoms with E-state index < -0.39 is 18.6 Å². The van der Waals surface area contributed by atoms with Crippen LogP contribution in [-0.2, 0) is 6.42 Å². The Balaban J connectivity index is 2.86. The van der Waals surface area contributed by atoms with Crippen molar-refractivity contribution in [3.05, 3.63) is 35.4 Å². The van der Waals surface area contributed by atoms with E-state index in [0.717, 1.165) is 24.0 Å². The minimum atomic E-state index is -4.15. The predicted octanol–water partition coefficient (Wildman–Crippen LogP) is 4.24. The van der Waals surface area contributed by atoms with E-state index >= 15 is 0 Å². The molecular formula is C14H20F3N. The Morgan fingerprint density at radius 3 is 2.50 bits per heavy atom. The molecule has 0 aliphatic heterocycles. The van der Waals surface area contributed by atoms with Crippen molar-refractivity contribution in [3.63, 3.8) is 0 Å². The van der Waals surface area contributed by atoms with E-state index in [0.29, 0.717) is 6.54 Å². The number of aryl methyl sites for hydroxylation is 1. The minimum absolute atomic E-state index is 0.594. The van der Waals surface area contributed by atoms with Gasteiger partial charge in [-0.1, -0.05) is 38.1 Å². The number of rotatable bonds is 6. The molecule has 1 rings (SSSR count). The highest BCUT2D eigenvalue weighted by molar-refractivity contribution is 5.26. The molecule has 0 radical (unpaired) electrons. The van der Waals surface area contributed by atoms with Crippen LogP contribution in [0.15, 0.2) is 24.3 Å². The number of alkyl halides is 3. The highest BCUT2D eigenvalue weighted by atomic mass is 19.4. The van der Waals surface area contributed by atoms with Crippen molar-refractivity contribution in [3.8, 4) is 0 Å². The van der Waals surface area contributed by atoms with Gasteiger partial charge in [-0.25, -0.2) is 0 Å². The molecule has 0 spiro atoms. The van der Waals surface area contributed by atoms with Gasteiger partial charge in [-0.05, 0) is 30.5 Å². The second-order valence-corrected chi connectivity index (χ2v) is 4.42. The molecule has 0 saturated carbocycles. The fraction of sp³-hybridized carbons (Fsp3) is 0.571. The van der Waals surface area contributed by atoms with Gasteiger partial charge in [0, 0.05) is 6.04 Å². The van der Waals surface area contributed by atoms with Gasteiger partial charge in [0.2, 0.25) is 0 Å². The first-order valence-corrected chi connectivity index (χ1v) is 6.35. The molecule has 0 heterocycles. The average molecular weight is 259 g/mol. The molecule has 1 N–H and O–H groups in total. The van der Waals surface area contributed by atoms with E-state index in [1.165, 1.54) is 0 Å². The molecule has 0 aliphatic carbocycles. The van der Waals surface area contributed by atoms with Gasteiger partial charge in [-0.15, -0.1) is 0 Å². The van der Waals surface area contributed by atoms with E-state index in [1.54, 1.807) is 6.07 Å². The van der Waals surface area contributed by atoms with Gasteiger partial charge >= 0.3 is 6.18 Å². The number of benzene rings is 1. The van der Waals surface area contributed by atoms with Gasteiger partial charge in [0.1, 0.15) is 0 Å². The van der Waals surface area contributed by atoms with Crippen LogP contribution >= 0.6 is 0 Å². The number of nitrogens with one attached hydrogen (secondary N) is 1. The second-order valence-electron chi connectivity index (χ2n) is 4.42. The lowest BCUT2D eigenvalue weighted by Crippen LogP contribution is -2.27. The smallest absolute Gasteiger partial charge is 0.310 e. The topological polar surface area (TPSA) is 12.0 Å². The molecule has 0 amide bonds. The summed E-state index contributed by atoms with van der Waals surface area (Å²) in [5, 5.41) is 2.97. The molecule has 102 valence electrons. The van der Waals surface area contributed by atoms with Gasteiger partial charge in [0.15, 0.2) is 0 Å². The summed E-state index contributed by atoms with van der Waals surface area (Å²) in [7, 11) is 0. The summed E-state index contributed by atoms with van der Waals surface area (Å²) in [5.41, 5.74) is 1.79. The minimum Gasteiger partial charge on any atom is -0.310 e. The Morgan fingerprint density at radius 1 is 1.22 bits per heavy atom. The molecule has 1 aromatic carbocycles. The fourth-order valence-electron chi connectivity index (χ4n) is 1.89. The molecule has 1 atom stereocenters. The zero-order valence-electron chi connectivity index (χ0n) is 10.8. The van der Waals surface area contributed by atoms with Crippen molar-refractivity contribution in [2.75, 3.05) is 6.54 Å². The normalized spacial score (nSPS) is 13.6. The van der Waals surface area contributed by atoms with Crippen molar-refractivity contribution >= 4 is 0 Å². The number of hydrogen-bond donors (Lipinski definition) is 1. The number of halogens is 3. The SMILES string of the molecule is CCCNC(CC(F)(F)F)c1cccc(CC)c1. The summed E-state index contributed by atoms with van der Waals surface area (Å²) in [6.07, 6.45) is -3.31. The lowest BCUT2D eigenvalue weighted by atomic mass is 10.00. The summed E-state index contributed by atoms with van der Waals surface area (Å²) < 4.78 is 37.7. The maximum Gasteiger partial charge on any atom is 0.390 e. The summed E-state index contributed by atoms with van der Waals surface area (Å²) in [6.45, 7) is 4.54. The van der Waals surface area contributed by atoms with Crippen LogP contribution in [0.1, 0.15) is 43.9 Å². The van der Waals surface area contributed by atoms with Gasteiger partial charge in [0.05, 0.1) is 6.42 Å². The van der Waals surface area contributed by atoms with E-state index in [4.69, 9.17) is 0 Å². The van der Waals surface area contributed by atoms with Crippen molar-refractivity contribution in [2.45, 2.75) is 45.3 Å². The third-order valence-corrected chi connectivity index (χ3v) is 2.84. The molecule has 0 aliphatic rings. The molecular weight excluding hydrogens is 239 g/mol.